The molecule has 1 heterocycles. The molecule has 16 heavy (non-hydrogen) atoms. The van der Waals surface area contributed by atoms with Gasteiger partial charge in [-0.15, -0.1) is 11.8 Å². The standard InChI is InChI=1S/C14H21NS/c1-14(2,3)12-5-6-13-11(9-12)10-15(4)7-8-16-13/h5-6,9H,7-8,10H2,1-4H3. The smallest absolute Gasteiger partial charge is 0.0242 e. The lowest BCUT2D eigenvalue weighted by molar-refractivity contribution is 0.349. The number of benzene rings is 1. The minimum atomic E-state index is 0.255. The van der Waals surface area contributed by atoms with Gasteiger partial charge >= 0.3 is 0 Å². The Labute approximate surface area is 103 Å². The molecule has 0 fully saturated rings. The lowest BCUT2D eigenvalue weighted by Crippen LogP contribution is -2.19. The summed E-state index contributed by atoms with van der Waals surface area (Å²) >= 11 is 1.99. The van der Waals surface area contributed by atoms with E-state index in [9.17, 15) is 0 Å². The molecule has 0 amide bonds. The first-order valence-corrected chi connectivity index (χ1v) is 6.90. The van der Waals surface area contributed by atoms with E-state index in [1.54, 1.807) is 0 Å². The van der Waals surface area contributed by atoms with Crippen LogP contribution in [0.3, 0.4) is 0 Å². The molecule has 88 valence electrons. The summed E-state index contributed by atoms with van der Waals surface area (Å²) in [5.41, 5.74) is 3.20. The van der Waals surface area contributed by atoms with Gasteiger partial charge in [0.1, 0.15) is 0 Å². The number of hydrogen-bond donors (Lipinski definition) is 0. The summed E-state index contributed by atoms with van der Waals surface area (Å²) in [5.74, 6) is 1.21. The summed E-state index contributed by atoms with van der Waals surface area (Å²) in [7, 11) is 2.21. The van der Waals surface area contributed by atoms with Crippen molar-refractivity contribution in [3.05, 3.63) is 29.3 Å². The minimum absolute atomic E-state index is 0.255. The zero-order chi connectivity index (χ0) is 11.8. The third-order valence-electron chi connectivity index (χ3n) is 3.10. The van der Waals surface area contributed by atoms with Crippen molar-refractivity contribution < 1.29 is 0 Å². The predicted molar refractivity (Wildman–Crippen MR) is 72.2 cm³/mol. The number of thioether (sulfide) groups is 1. The highest BCUT2D eigenvalue weighted by Crippen LogP contribution is 2.31. The van der Waals surface area contributed by atoms with E-state index in [2.05, 4.69) is 50.9 Å². The van der Waals surface area contributed by atoms with Gasteiger partial charge in [0.15, 0.2) is 0 Å². The maximum absolute atomic E-state index is 2.41. The van der Waals surface area contributed by atoms with Gasteiger partial charge in [-0.2, -0.15) is 0 Å². The normalized spacial score (nSPS) is 18.0. The summed E-state index contributed by atoms with van der Waals surface area (Å²) in [6, 6.07) is 6.99. The fourth-order valence-corrected chi connectivity index (χ4v) is 3.09. The zero-order valence-corrected chi connectivity index (χ0v) is 11.5. The van der Waals surface area contributed by atoms with E-state index in [0.717, 1.165) is 6.54 Å². The van der Waals surface area contributed by atoms with Crippen LogP contribution in [0.2, 0.25) is 0 Å². The van der Waals surface area contributed by atoms with Crippen molar-refractivity contribution in [2.75, 3.05) is 19.3 Å². The van der Waals surface area contributed by atoms with Crippen LogP contribution in [0, 0.1) is 0 Å². The Balaban J connectivity index is 2.37. The molecule has 0 bridgehead atoms. The van der Waals surface area contributed by atoms with Crippen molar-refractivity contribution in [3.63, 3.8) is 0 Å². The van der Waals surface area contributed by atoms with Crippen LogP contribution < -0.4 is 0 Å². The average Bonchev–Trinajstić information content (AvgIpc) is 2.35. The SMILES string of the molecule is CN1CCSc2ccc(C(C)(C)C)cc2C1. The molecule has 0 saturated heterocycles. The second-order valence-corrected chi connectivity index (χ2v) is 6.80. The van der Waals surface area contributed by atoms with Crippen LogP contribution in [-0.4, -0.2) is 24.2 Å². The van der Waals surface area contributed by atoms with Crippen molar-refractivity contribution >= 4 is 11.8 Å². The molecule has 1 aliphatic heterocycles. The molecule has 0 aliphatic carbocycles. The fraction of sp³-hybridized carbons (Fsp3) is 0.571. The first-order chi connectivity index (χ1) is 7.47. The highest BCUT2D eigenvalue weighted by Gasteiger charge is 2.17. The molecule has 0 spiro atoms. The quantitative estimate of drug-likeness (QED) is 0.677. The van der Waals surface area contributed by atoms with Crippen molar-refractivity contribution in [1.82, 2.24) is 4.90 Å². The number of rotatable bonds is 0. The zero-order valence-electron chi connectivity index (χ0n) is 10.7. The Bertz CT molecular complexity index is 379. The molecule has 0 N–H and O–H groups in total. The summed E-state index contributed by atoms with van der Waals surface area (Å²) < 4.78 is 0. The monoisotopic (exact) mass is 235 g/mol. The van der Waals surface area contributed by atoms with Crippen molar-refractivity contribution in [2.45, 2.75) is 37.6 Å². The molecule has 0 aromatic heterocycles. The minimum Gasteiger partial charge on any atom is -0.301 e. The number of fused-ring (bicyclic) bond motifs is 1. The molecule has 0 radical (unpaired) electrons. The third-order valence-corrected chi connectivity index (χ3v) is 4.19. The average molecular weight is 235 g/mol. The highest BCUT2D eigenvalue weighted by molar-refractivity contribution is 7.99. The summed E-state index contributed by atoms with van der Waals surface area (Å²) in [5, 5.41) is 0. The van der Waals surface area contributed by atoms with E-state index in [0.29, 0.717) is 0 Å². The van der Waals surface area contributed by atoms with Gasteiger partial charge in [0.2, 0.25) is 0 Å². The van der Waals surface area contributed by atoms with Gasteiger partial charge in [-0.3, -0.25) is 0 Å². The van der Waals surface area contributed by atoms with Gasteiger partial charge in [0, 0.05) is 23.7 Å². The molecular weight excluding hydrogens is 214 g/mol. The fourth-order valence-electron chi connectivity index (χ4n) is 1.99. The summed E-state index contributed by atoms with van der Waals surface area (Å²) in [4.78, 5) is 3.88. The summed E-state index contributed by atoms with van der Waals surface area (Å²) in [6.45, 7) is 9.11. The van der Waals surface area contributed by atoms with Crippen molar-refractivity contribution in [3.8, 4) is 0 Å². The van der Waals surface area contributed by atoms with Gasteiger partial charge in [-0.05, 0) is 29.7 Å². The molecule has 1 aliphatic rings. The van der Waals surface area contributed by atoms with E-state index in [1.165, 1.54) is 28.3 Å². The van der Waals surface area contributed by atoms with Crippen LogP contribution in [-0.2, 0) is 12.0 Å². The van der Waals surface area contributed by atoms with Gasteiger partial charge in [-0.25, -0.2) is 0 Å². The van der Waals surface area contributed by atoms with Gasteiger partial charge in [-0.1, -0.05) is 32.9 Å². The molecule has 0 saturated carbocycles. The number of nitrogens with zero attached hydrogens (tertiary/aromatic N) is 1. The van der Waals surface area contributed by atoms with Crippen LogP contribution in [0.1, 0.15) is 31.9 Å². The highest BCUT2D eigenvalue weighted by atomic mass is 32.2. The topological polar surface area (TPSA) is 3.24 Å². The van der Waals surface area contributed by atoms with Crippen LogP contribution in [0.5, 0.6) is 0 Å². The van der Waals surface area contributed by atoms with E-state index in [4.69, 9.17) is 0 Å². The molecule has 2 heteroatoms. The third kappa shape index (κ3) is 2.61. The Morgan fingerprint density at radius 3 is 2.69 bits per heavy atom. The second-order valence-electron chi connectivity index (χ2n) is 5.66. The first kappa shape index (κ1) is 12.0. The molecule has 1 aromatic rings. The lowest BCUT2D eigenvalue weighted by Gasteiger charge is -2.21. The van der Waals surface area contributed by atoms with E-state index in [1.807, 2.05) is 11.8 Å². The van der Waals surface area contributed by atoms with Crippen LogP contribution >= 0.6 is 11.8 Å². The predicted octanol–water partition coefficient (Wildman–Crippen LogP) is 3.52. The first-order valence-electron chi connectivity index (χ1n) is 5.91. The number of hydrogen-bond acceptors (Lipinski definition) is 2. The Morgan fingerprint density at radius 2 is 2.00 bits per heavy atom. The second kappa shape index (κ2) is 4.42. The van der Waals surface area contributed by atoms with Crippen LogP contribution in [0.25, 0.3) is 0 Å². The molecule has 0 atom stereocenters. The molecule has 0 unspecified atom stereocenters. The molecule has 2 rings (SSSR count). The lowest BCUT2D eigenvalue weighted by atomic mass is 9.86. The van der Waals surface area contributed by atoms with Gasteiger partial charge in [0.25, 0.3) is 0 Å². The van der Waals surface area contributed by atoms with Crippen molar-refractivity contribution in [1.29, 1.82) is 0 Å². The maximum atomic E-state index is 2.41. The Kier molecular flexibility index (Phi) is 3.32. The van der Waals surface area contributed by atoms with Crippen LogP contribution in [0.4, 0.5) is 0 Å². The van der Waals surface area contributed by atoms with Gasteiger partial charge < -0.3 is 4.90 Å². The summed E-state index contributed by atoms with van der Waals surface area (Å²) in [6.07, 6.45) is 0. The Hall–Kier alpha value is -0.470. The molecule has 1 nitrogen and oxygen atoms in total. The van der Waals surface area contributed by atoms with Crippen LogP contribution in [0.15, 0.2) is 23.1 Å². The van der Waals surface area contributed by atoms with E-state index < -0.39 is 0 Å². The largest absolute Gasteiger partial charge is 0.301 e. The van der Waals surface area contributed by atoms with E-state index in [-0.39, 0.29) is 5.41 Å². The Morgan fingerprint density at radius 1 is 1.25 bits per heavy atom. The maximum Gasteiger partial charge on any atom is 0.0242 e. The molecular formula is C14H21NS. The van der Waals surface area contributed by atoms with E-state index >= 15 is 0 Å². The molecule has 1 aromatic carbocycles. The van der Waals surface area contributed by atoms with Crippen molar-refractivity contribution in [2.24, 2.45) is 0 Å². The van der Waals surface area contributed by atoms with Gasteiger partial charge in [0.05, 0.1) is 0 Å².